The lowest BCUT2D eigenvalue weighted by molar-refractivity contribution is -0.156. The molecule has 6 heterocycles. The van der Waals surface area contributed by atoms with Gasteiger partial charge < -0.3 is 20.3 Å². The second-order valence-electron chi connectivity index (χ2n) is 14.2. The smallest absolute Gasteiger partial charge is 0.269 e. The summed E-state index contributed by atoms with van der Waals surface area (Å²) in [5, 5.41) is 17.5. The molecular formula is C37H36ClFN8O5. The first-order chi connectivity index (χ1) is 25.1. The van der Waals surface area contributed by atoms with Crippen molar-refractivity contribution in [3.63, 3.8) is 0 Å². The largest absolute Gasteiger partial charge is 0.490 e. The number of hydrogen-bond donors (Lipinski definition) is 1. The van der Waals surface area contributed by atoms with Gasteiger partial charge in [-0.15, -0.1) is 10.2 Å². The molecular weight excluding hydrogens is 691 g/mol. The first-order valence-electron chi connectivity index (χ1n) is 17.6. The Bertz CT molecular complexity index is 2000. The van der Waals surface area contributed by atoms with Crippen LogP contribution in [0.25, 0.3) is 0 Å². The summed E-state index contributed by atoms with van der Waals surface area (Å²) in [6.45, 7) is 1.72. The highest BCUT2D eigenvalue weighted by atomic mass is 35.5. The molecule has 6 aliphatic rings. The molecule has 9 rings (SSSR count). The number of fused-ring (bicyclic) bond motifs is 3. The minimum atomic E-state index is -0.851. The Hall–Kier alpha value is -5.13. The maximum atomic E-state index is 16.2. The number of amides is 4. The van der Waals surface area contributed by atoms with Crippen LogP contribution in [0, 0.1) is 17.1 Å². The number of halogens is 2. The van der Waals surface area contributed by atoms with Crippen molar-refractivity contribution in [3.05, 3.63) is 81.3 Å². The van der Waals surface area contributed by atoms with E-state index in [-0.39, 0.29) is 66.3 Å². The summed E-state index contributed by atoms with van der Waals surface area (Å²) in [5.74, 6) is -0.910. The van der Waals surface area contributed by atoms with Crippen molar-refractivity contribution in [2.75, 3.05) is 18.0 Å². The number of nitriles is 1. The molecule has 3 atom stereocenters. The number of carbonyl (C=O) groups is 4. The monoisotopic (exact) mass is 726 g/mol. The molecule has 2 N–H and O–H groups in total. The molecule has 2 aromatic carbocycles. The second-order valence-corrected chi connectivity index (χ2v) is 14.6. The molecule has 4 amide bonds. The van der Waals surface area contributed by atoms with Gasteiger partial charge in [0.05, 0.1) is 23.2 Å². The Morgan fingerprint density at radius 2 is 1.77 bits per heavy atom. The minimum Gasteiger partial charge on any atom is -0.490 e. The van der Waals surface area contributed by atoms with Crippen LogP contribution in [0.2, 0.25) is 5.02 Å². The van der Waals surface area contributed by atoms with E-state index < -0.39 is 29.6 Å². The molecule has 5 aliphatic heterocycles. The lowest BCUT2D eigenvalue weighted by atomic mass is 9.86. The Morgan fingerprint density at radius 1 is 1.00 bits per heavy atom. The number of aromatic nitrogens is 2. The normalized spacial score (nSPS) is 25.8. The van der Waals surface area contributed by atoms with E-state index in [1.165, 1.54) is 9.80 Å². The van der Waals surface area contributed by atoms with Gasteiger partial charge in [0.25, 0.3) is 17.7 Å². The van der Waals surface area contributed by atoms with E-state index in [1.54, 1.807) is 42.5 Å². The molecule has 1 aromatic heterocycles. The minimum absolute atomic E-state index is 0.0272. The van der Waals surface area contributed by atoms with Crippen molar-refractivity contribution in [1.82, 2.24) is 24.9 Å². The van der Waals surface area contributed by atoms with Crippen molar-refractivity contribution < 1.29 is 28.3 Å². The number of imide groups is 1. The van der Waals surface area contributed by atoms with E-state index in [2.05, 4.69) is 20.0 Å². The van der Waals surface area contributed by atoms with Gasteiger partial charge in [0.1, 0.15) is 23.7 Å². The molecule has 13 nitrogen and oxygen atoms in total. The molecule has 268 valence electrons. The lowest BCUT2D eigenvalue weighted by Gasteiger charge is -2.56. The molecule has 0 spiro atoms. The average molecular weight is 727 g/mol. The van der Waals surface area contributed by atoms with Crippen molar-refractivity contribution in [2.24, 2.45) is 5.73 Å². The standard InChI is InChI=1S/C37H36ClFN8O5/c38-29-14-26(5-1-20(29)15-40)52-25-6-3-22(4-7-25)47-33(48)12-10-31(37(47)51)46-19-28-27(36(46)50)8-2-21(34(28)39)16-45-23-13-24(45)18-44(17-23)32-11-9-30(35(41)49)42-43-32/h1-2,5,8-9,11,14,22-25,31H,3-4,6-7,10,12-13,16-19H2,(H2,41,49)/t22?,23-,24-,25?,31-/m1/s1. The number of piperazine rings is 1. The van der Waals surface area contributed by atoms with Gasteiger partial charge in [0.2, 0.25) is 5.91 Å². The summed E-state index contributed by atoms with van der Waals surface area (Å²) >= 11 is 6.16. The zero-order chi connectivity index (χ0) is 36.3. The van der Waals surface area contributed by atoms with Crippen LogP contribution in [-0.2, 0) is 22.7 Å². The summed E-state index contributed by atoms with van der Waals surface area (Å²) in [6, 6.07) is 12.8. The number of ether oxygens (including phenoxy) is 1. The molecule has 1 aliphatic carbocycles. The first-order valence-corrected chi connectivity index (χ1v) is 17.9. The maximum Gasteiger partial charge on any atom is 0.269 e. The fourth-order valence-corrected chi connectivity index (χ4v) is 8.70. The van der Waals surface area contributed by atoms with Gasteiger partial charge in [-0.25, -0.2) is 4.39 Å². The van der Waals surface area contributed by atoms with Gasteiger partial charge in [0.15, 0.2) is 11.5 Å². The van der Waals surface area contributed by atoms with Crippen molar-refractivity contribution in [3.8, 4) is 11.8 Å². The van der Waals surface area contributed by atoms with Crippen LogP contribution in [-0.4, -0.2) is 91.9 Å². The van der Waals surface area contributed by atoms with E-state index in [0.717, 1.165) is 6.42 Å². The van der Waals surface area contributed by atoms with Gasteiger partial charge in [-0.3, -0.25) is 29.0 Å². The molecule has 4 saturated heterocycles. The predicted octanol–water partition coefficient (Wildman–Crippen LogP) is 3.57. The molecule has 15 heteroatoms. The highest BCUT2D eigenvalue weighted by molar-refractivity contribution is 6.31. The van der Waals surface area contributed by atoms with Crippen LogP contribution >= 0.6 is 11.6 Å². The molecule has 5 fully saturated rings. The third kappa shape index (κ3) is 6.01. The van der Waals surface area contributed by atoms with Crippen LogP contribution in [0.4, 0.5) is 10.2 Å². The van der Waals surface area contributed by atoms with Gasteiger partial charge in [-0.1, -0.05) is 17.7 Å². The summed E-state index contributed by atoms with van der Waals surface area (Å²) in [6.07, 6.45) is 3.49. The van der Waals surface area contributed by atoms with Crippen molar-refractivity contribution in [1.29, 1.82) is 5.26 Å². The Kier molecular flexibility index (Phi) is 8.79. The third-order valence-corrected chi connectivity index (χ3v) is 11.6. The first kappa shape index (κ1) is 34.0. The Balaban J connectivity index is 0.894. The Labute approximate surface area is 304 Å². The van der Waals surface area contributed by atoms with Crippen molar-refractivity contribution >= 4 is 41.0 Å². The van der Waals surface area contributed by atoms with E-state index in [1.807, 2.05) is 6.07 Å². The van der Waals surface area contributed by atoms with Gasteiger partial charge in [0, 0.05) is 66.9 Å². The molecule has 52 heavy (non-hydrogen) atoms. The summed E-state index contributed by atoms with van der Waals surface area (Å²) in [4.78, 5) is 59.2. The topological polar surface area (TPSA) is 166 Å². The number of nitrogens with zero attached hydrogens (tertiary/aromatic N) is 7. The van der Waals surface area contributed by atoms with Crippen LogP contribution < -0.4 is 15.4 Å². The fraction of sp³-hybridized carbons (Fsp3) is 0.432. The zero-order valence-corrected chi connectivity index (χ0v) is 29.0. The number of benzene rings is 2. The molecule has 3 aromatic rings. The number of primary amides is 1. The summed E-state index contributed by atoms with van der Waals surface area (Å²) in [5.41, 5.74) is 6.79. The maximum absolute atomic E-state index is 16.2. The number of carbonyl (C=O) groups excluding carboxylic acids is 4. The number of rotatable bonds is 8. The molecule has 1 saturated carbocycles. The summed E-state index contributed by atoms with van der Waals surface area (Å²) < 4.78 is 22.2. The van der Waals surface area contributed by atoms with E-state index in [4.69, 9.17) is 27.3 Å². The number of nitrogens with two attached hydrogens (primary N) is 1. The molecule has 0 radical (unpaired) electrons. The SMILES string of the molecule is N#Cc1ccc(OC2CCC(N3C(=O)CC[C@@H](N4Cc5c(ccc(CN6[C@@H]7C[C@@H]6CN(c6ccc(C(N)=O)nn6)C7)c5F)C4=O)C3=O)CC2)cc1Cl. The van der Waals surface area contributed by atoms with Crippen LogP contribution in [0.5, 0.6) is 5.75 Å². The number of anilines is 1. The highest BCUT2D eigenvalue weighted by Crippen LogP contribution is 2.38. The number of likely N-dealkylation sites (tertiary alicyclic amines) is 1. The quantitative estimate of drug-likeness (QED) is 0.339. The molecule has 0 unspecified atom stereocenters. The summed E-state index contributed by atoms with van der Waals surface area (Å²) in [7, 11) is 0. The van der Waals surface area contributed by atoms with E-state index >= 15 is 4.39 Å². The predicted molar refractivity (Wildman–Crippen MR) is 184 cm³/mol. The number of piperidine rings is 2. The third-order valence-electron chi connectivity index (χ3n) is 11.2. The van der Waals surface area contributed by atoms with Crippen LogP contribution in [0.1, 0.15) is 82.5 Å². The fourth-order valence-electron chi connectivity index (χ4n) is 8.48. The molecule has 2 bridgehead atoms. The average Bonchev–Trinajstić information content (AvgIpc) is 3.48. The van der Waals surface area contributed by atoms with Crippen LogP contribution in [0.3, 0.4) is 0 Å². The zero-order valence-electron chi connectivity index (χ0n) is 28.2. The van der Waals surface area contributed by atoms with E-state index in [0.29, 0.717) is 73.0 Å². The second kappa shape index (κ2) is 13.4. The van der Waals surface area contributed by atoms with Gasteiger partial charge >= 0.3 is 0 Å². The van der Waals surface area contributed by atoms with Gasteiger partial charge in [-0.05, 0) is 68.9 Å². The highest BCUT2D eigenvalue weighted by Gasteiger charge is 2.48. The lowest BCUT2D eigenvalue weighted by Crippen LogP contribution is -2.68. The van der Waals surface area contributed by atoms with E-state index in [9.17, 15) is 19.2 Å². The van der Waals surface area contributed by atoms with Crippen LogP contribution in [0.15, 0.2) is 42.5 Å². The Morgan fingerprint density at radius 3 is 2.44 bits per heavy atom. The van der Waals surface area contributed by atoms with Gasteiger partial charge in [-0.2, -0.15) is 5.26 Å². The number of hydrogen-bond acceptors (Lipinski definition) is 10. The van der Waals surface area contributed by atoms with Crippen molar-refractivity contribution in [2.45, 2.75) is 88.3 Å².